The minimum atomic E-state index is -1.53. The number of ether oxygens (including phenoxy) is 4. The molecule has 0 heterocycles. The SMILES string of the molecule is CC/C=C\C/C=C\C/C=C\C/C=C\C/C=C\C/C=C\C/C=C\CCCC(=O)OC(COC(=O)CCCCCCCCCCCCCC)COC(OCC[N+](C)(C)C)C(=O)O. The maximum atomic E-state index is 12.8. The summed E-state index contributed by atoms with van der Waals surface area (Å²) in [7, 11) is 5.93. The van der Waals surface area contributed by atoms with Gasteiger partial charge in [-0.25, -0.2) is 4.79 Å². The lowest BCUT2D eigenvalue weighted by atomic mass is 10.0. The van der Waals surface area contributed by atoms with Crippen LogP contribution in [0.2, 0.25) is 0 Å². The molecular formula is C51H86NO8+. The molecule has 0 aliphatic carbocycles. The molecule has 1 N–H and O–H groups in total. The van der Waals surface area contributed by atoms with Crippen LogP contribution in [0.15, 0.2) is 85.1 Å². The quantitative estimate of drug-likeness (QED) is 0.0213. The van der Waals surface area contributed by atoms with Gasteiger partial charge in [0.2, 0.25) is 0 Å². The van der Waals surface area contributed by atoms with Crippen molar-refractivity contribution in [1.82, 2.24) is 0 Å². The molecule has 0 aromatic heterocycles. The fourth-order valence-electron chi connectivity index (χ4n) is 5.82. The lowest BCUT2D eigenvalue weighted by Crippen LogP contribution is -2.40. The summed E-state index contributed by atoms with van der Waals surface area (Å²) < 4.78 is 22.6. The predicted molar refractivity (Wildman–Crippen MR) is 249 cm³/mol. The molecule has 0 rings (SSSR count). The fraction of sp³-hybridized carbons (Fsp3) is 0.667. The molecule has 2 unspecified atom stereocenters. The highest BCUT2D eigenvalue weighted by molar-refractivity contribution is 5.71. The lowest BCUT2D eigenvalue weighted by molar-refractivity contribution is -0.870. The smallest absolute Gasteiger partial charge is 0.361 e. The molecule has 9 heteroatoms. The Labute approximate surface area is 366 Å². The zero-order chi connectivity index (χ0) is 44.2. The Morgan fingerprint density at radius 3 is 1.40 bits per heavy atom. The molecule has 0 aliphatic rings. The van der Waals surface area contributed by atoms with Gasteiger partial charge in [0, 0.05) is 12.8 Å². The van der Waals surface area contributed by atoms with Crippen LogP contribution in [0.5, 0.6) is 0 Å². The van der Waals surface area contributed by atoms with Crippen LogP contribution in [0.4, 0.5) is 0 Å². The summed E-state index contributed by atoms with van der Waals surface area (Å²) in [6, 6.07) is 0. The van der Waals surface area contributed by atoms with Crippen LogP contribution in [0.3, 0.4) is 0 Å². The van der Waals surface area contributed by atoms with E-state index in [2.05, 4.69) is 98.9 Å². The van der Waals surface area contributed by atoms with Gasteiger partial charge < -0.3 is 28.5 Å². The first-order valence-electron chi connectivity index (χ1n) is 23.3. The largest absolute Gasteiger partial charge is 0.477 e. The maximum absolute atomic E-state index is 12.8. The van der Waals surface area contributed by atoms with Crippen molar-refractivity contribution in [2.24, 2.45) is 0 Å². The van der Waals surface area contributed by atoms with Crippen molar-refractivity contribution in [1.29, 1.82) is 0 Å². The standard InChI is InChI=1S/C51H85NO8/c1-6-8-10-12-14-16-18-20-21-22-23-24-25-26-27-28-29-30-32-34-36-38-40-42-49(54)60-47(46-59-51(50(55)56)57-44-43-52(3,4)5)45-58-48(53)41-39-37-35-33-31-19-17-15-13-11-9-7-2/h8,10,14,16,20-21,23-24,26-27,29-30,34,36,47,51H,6-7,9,11-13,15,17-19,22,25,28,31-33,35,37-46H2,1-5H3/p+1/b10-8-,16-14-,21-20-,24-23-,27-26-,30-29-,36-34-. The highest BCUT2D eigenvalue weighted by Gasteiger charge is 2.25. The molecule has 342 valence electrons. The first kappa shape index (κ1) is 56.5. The van der Waals surface area contributed by atoms with Gasteiger partial charge in [0.1, 0.15) is 13.2 Å². The molecular weight excluding hydrogens is 755 g/mol. The van der Waals surface area contributed by atoms with Crippen LogP contribution in [-0.2, 0) is 33.3 Å². The predicted octanol–water partition coefficient (Wildman–Crippen LogP) is 12.5. The van der Waals surface area contributed by atoms with Crippen molar-refractivity contribution < 1.29 is 42.9 Å². The molecule has 0 radical (unpaired) electrons. The van der Waals surface area contributed by atoms with E-state index in [9.17, 15) is 19.5 Å². The number of carboxylic acid groups (broad SMARTS) is 1. The molecule has 60 heavy (non-hydrogen) atoms. The van der Waals surface area contributed by atoms with Crippen LogP contribution >= 0.6 is 0 Å². The van der Waals surface area contributed by atoms with Gasteiger partial charge in [0.15, 0.2) is 6.10 Å². The lowest BCUT2D eigenvalue weighted by Gasteiger charge is -2.25. The van der Waals surface area contributed by atoms with E-state index < -0.39 is 24.3 Å². The Bertz CT molecular complexity index is 1260. The van der Waals surface area contributed by atoms with E-state index in [0.717, 1.165) is 64.2 Å². The van der Waals surface area contributed by atoms with Crippen molar-refractivity contribution >= 4 is 17.9 Å². The van der Waals surface area contributed by atoms with E-state index >= 15 is 0 Å². The molecule has 0 aliphatic heterocycles. The second-order valence-electron chi connectivity index (χ2n) is 16.3. The van der Waals surface area contributed by atoms with Crippen molar-refractivity contribution in [3.8, 4) is 0 Å². The highest BCUT2D eigenvalue weighted by Crippen LogP contribution is 2.13. The number of carbonyl (C=O) groups excluding carboxylic acids is 2. The molecule has 0 aromatic rings. The van der Waals surface area contributed by atoms with Crippen molar-refractivity contribution in [3.05, 3.63) is 85.1 Å². The summed E-state index contributed by atoms with van der Waals surface area (Å²) in [4.78, 5) is 37.1. The van der Waals surface area contributed by atoms with Crippen LogP contribution in [-0.4, -0.2) is 87.4 Å². The van der Waals surface area contributed by atoms with E-state index in [-0.39, 0.29) is 38.6 Å². The van der Waals surface area contributed by atoms with Gasteiger partial charge in [-0.1, -0.05) is 170 Å². The third-order valence-electron chi connectivity index (χ3n) is 9.42. The summed E-state index contributed by atoms with van der Waals surface area (Å²) in [5.74, 6) is -2.10. The van der Waals surface area contributed by atoms with E-state index in [1.165, 1.54) is 57.8 Å². The Morgan fingerprint density at radius 1 is 0.517 bits per heavy atom. The topological polar surface area (TPSA) is 108 Å². The first-order valence-corrected chi connectivity index (χ1v) is 23.3. The van der Waals surface area contributed by atoms with Gasteiger partial charge in [0.05, 0.1) is 34.4 Å². The Balaban J connectivity index is 4.53. The number of likely N-dealkylation sites (N-methyl/N-ethyl adjacent to an activating group) is 1. The minimum absolute atomic E-state index is 0.173. The van der Waals surface area contributed by atoms with Crippen molar-refractivity contribution in [2.75, 3.05) is 47.5 Å². The number of unbranched alkanes of at least 4 members (excludes halogenated alkanes) is 12. The van der Waals surface area contributed by atoms with E-state index in [1.54, 1.807) is 0 Å². The average molecular weight is 841 g/mol. The van der Waals surface area contributed by atoms with Crippen LogP contribution in [0, 0.1) is 0 Å². The van der Waals surface area contributed by atoms with Gasteiger partial charge in [-0.2, -0.15) is 0 Å². The number of carboxylic acids is 1. The highest BCUT2D eigenvalue weighted by atomic mass is 16.7. The monoisotopic (exact) mass is 841 g/mol. The minimum Gasteiger partial charge on any atom is -0.477 e. The summed E-state index contributed by atoms with van der Waals surface area (Å²) in [5, 5.41) is 9.63. The van der Waals surface area contributed by atoms with Crippen molar-refractivity contribution in [2.45, 2.75) is 174 Å². The van der Waals surface area contributed by atoms with Gasteiger partial charge in [0.25, 0.3) is 6.29 Å². The van der Waals surface area contributed by atoms with E-state index in [0.29, 0.717) is 23.9 Å². The Morgan fingerprint density at radius 2 is 0.950 bits per heavy atom. The molecule has 0 aromatic carbocycles. The zero-order valence-corrected chi connectivity index (χ0v) is 38.6. The van der Waals surface area contributed by atoms with Gasteiger partial charge in [-0.15, -0.1) is 0 Å². The van der Waals surface area contributed by atoms with Crippen LogP contribution in [0.25, 0.3) is 0 Å². The summed E-state index contributed by atoms with van der Waals surface area (Å²) >= 11 is 0. The number of rotatable bonds is 41. The van der Waals surface area contributed by atoms with Crippen molar-refractivity contribution in [3.63, 3.8) is 0 Å². The number of hydrogen-bond donors (Lipinski definition) is 1. The molecule has 9 nitrogen and oxygen atoms in total. The summed E-state index contributed by atoms with van der Waals surface area (Å²) in [5.41, 5.74) is 0. The number of allylic oxidation sites excluding steroid dienone is 14. The van der Waals surface area contributed by atoms with E-state index in [4.69, 9.17) is 18.9 Å². The average Bonchev–Trinajstić information content (AvgIpc) is 3.21. The van der Waals surface area contributed by atoms with Gasteiger partial charge >= 0.3 is 17.9 Å². The molecule has 0 spiro atoms. The normalized spacial score (nSPS) is 13.7. The number of aliphatic carboxylic acids is 1. The van der Waals surface area contributed by atoms with Gasteiger partial charge in [-0.3, -0.25) is 9.59 Å². The second-order valence-corrected chi connectivity index (χ2v) is 16.3. The zero-order valence-electron chi connectivity index (χ0n) is 38.6. The third kappa shape index (κ3) is 42.6. The van der Waals surface area contributed by atoms with Crippen LogP contribution < -0.4 is 0 Å². The molecule has 2 atom stereocenters. The van der Waals surface area contributed by atoms with Gasteiger partial charge in [-0.05, 0) is 64.2 Å². The van der Waals surface area contributed by atoms with E-state index in [1.807, 2.05) is 21.1 Å². The summed E-state index contributed by atoms with van der Waals surface area (Å²) in [6.07, 6.45) is 50.8. The Kier molecular flexibility index (Phi) is 39.7. The number of nitrogens with zero attached hydrogens (tertiary/aromatic N) is 1. The molecule has 0 amide bonds. The number of carbonyl (C=O) groups is 3. The fourth-order valence-corrected chi connectivity index (χ4v) is 5.82. The third-order valence-corrected chi connectivity index (χ3v) is 9.42. The number of hydrogen-bond acceptors (Lipinski definition) is 7. The molecule has 0 bridgehead atoms. The molecule has 0 saturated heterocycles. The Hall–Kier alpha value is -3.53. The first-order chi connectivity index (χ1) is 29.1. The molecule has 0 saturated carbocycles. The summed E-state index contributed by atoms with van der Waals surface area (Å²) in [6.45, 7) is 4.66. The number of quaternary nitrogens is 1. The number of esters is 2. The van der Waals surface area contributed by atoms with Crippen LogP contribution in [0.1, 0.15) is 162 Å². The second kappa shape index (κ2) is 42.2. The molecule has 0 fully saturated rings. The maximum Gasteiger partial charge on any atom is 0.361 e.